The lowest BCUT2D eigenvalue weighted by molar-refractivity contribution is 0.628. The molecule has 0 saturated carbocycles. The van der Waals surface area contributed by atoms with Crippen molar-refractivity contribution in [2.24, 2.45) is 5.73 Å². The zero-order valence-corrected chi connectivity index (χ0v) is 20.7. The third-order valence-electron chi connectivity index (χ3n) is 5.30. The van der Waals surface area contributed by atoms with Crippen molar-refractivity contribution in [3.63, 3.8) is 0 Å². The first-order chi connectivity index (χ1) is 16.9. The Morgan fingerprint density at radius 3 is 2.66 bits per heavy atom. The normalized spacial score (nSPS) is 14.9. The molecule has 0 radical (unpaired) electrons. The summed E-state index contributed by atoms with van der Waals surface area (Å²) in [7, 11) is 0. The molecule has 4 rings (SSSR count). The van der Waals surface area contributed by atoms with Crippen molar-refractivity contribution >= 4 is 34.3 Å². The van der Waals surface area contributed by atoms with Gasteiger partial charge in [0, 0.05) is 21.9 Å². The molecule has 0 fully saturated rings. The van der Waals surface area contributed by atoms with E-state index in [0.29, 0.717) is 28.5 Å². The van der Waals surface area contributed by atoms with Crippen LogP contribution in [0.4, 0.5) is 10.2 Å². The van der Waals surface area contributed by atoms with Gasteiger partial charge in [0.2, 0.25) is 0 Å². The second-order valence-corrected chi connectivity index (χ2v) is 9.15. The minimum Gasteiger partial charge on any atom is -0.394 e. The molecule has 1 aromatic carbocycles. The molecule has 3 N–H and O–H groups in total. The second-order valence-electron chi connectivity index (χ2n) is 8.03. The predicted octanol–water partition coefficient (Wildman–Crippen LogP) is 6.76. The van der Waals surface area contributed by atoms with Crippen LogP contribution >= 0.6 is 11.8 Å². The van der Waals surface area contributed by atoms with E-state index < -0.39 is 0 Å². The highest BCUT2D eigenvalue weighted by Gasteiger charge is 2.17. The first kappa shape index (κ1) is 24.2. The van der Waals surface area contributed by atoms with Crippen molar-refractivity contribution in [2.45, 2.75) is 27.2 Å². The van der Waals surface area contributed by atoms with E-state index in [1.807, 2.05) is 51.2 Å². The Labute approximate surface area is 208 Å². The van der Waals surface area contributed by atoms with Gasteiger partial charge >= 0.3 is 0 Å². The number of halogens is 1. The average Bonchev–Trinajstić information content (AvgIpc) is 3.27. The number of nitrogens with zero attached hydrogens (tertiary/aromatic N) is 4. The summed E-state index contributed by atoms with van der Waals surface area (Å²) in [4.78, 5) is 10.5. The fourth-order valence-corrected chi connectivity index (χ4v) is 4.30. The predicted molar refractivity (Wildman–Crippen MR) is 145 cm³/mol. The van der Waals surface area contributed by atoms with Crippen molar-refractivity contribution in [1.29, 1.82) is 0 Å². The molecule has 0 unspecified atom stereocenters. The van der Waals surface area contributed by atoms with Crippen LogP contribution in [0.1, 0.15) is 27.2 Å². The van der Waals surface area contributed by atoms with Crippen LogP contribution in [0.5, 0.6) is 0 Å². The van der Waals surface area contributed by atoms with E-state index in [9.17, 15) is 4.39 Å². The van der Waals surface area contributed by atoms with Gasteiger partial charge in [-0.05, 0) is 57.5 Å². The van der Waals surface area contributed by atoms with E-state index in [0.717, 1.165) is 33.0 Å². The van der Waals surface area contributed by atoms with Gasteiger partial charge in [-0.2, -0.15) is 5.10 Å². The van der Waals surface area contributed by atoms with Crippen molar-refractivity contribution in [1.82, 2.24) is 19.7 Å². The van der Waals surface area contributed by atoms with E-state index in [2.05, 4.69) is 23.1 Å². The first-order valence-corrected chi connectivity index (χ1v) is 12.0. The van der Waals surface area contributed by atoms with Gasteiger partial charge in [-0.3, -0.25) is 0 Å². The maximum atomic E-state index is 13.5. The molecule has 1 aliphatic rings. The van der Waals surface area contributed by atoms with Crippen LogP contribution in [-0.4, -0.2) is 19.7 Å². The summed E-state index contributed by atoms with van der Waals surface area (Å²) in [6.07, 6.45) is 14.5. The number of thioether (sulfide) groups is 1. The molecular weight excluding hydrogens is 459 g/mol. The Hall–Kier alpha value is -3.91. The van der Waals surface area contributed by atoms with E-state index in [-0.39, 0.29) is 5.82 Å². The summed E-state index contributed by atoms with van der Waals surface area (Å²) < 4.78 is 15.3. The summed E-state index contributed by atoms with van der Waals surface area (Å²) in [5.74, 6) is 0.696. The molecule has 0 saturated heterocycles. The average molecular weight is 487 g/mol. The van der Waals surface area contributed by atoms with E-state index in [4.69, 9.17) is 15.7 Å². The Bertz CT molecular complexity index is 1420. The molecule has 0 amide bonds. The number of allylic oxidation sites excluding steroid dienone is 8. The smallest absolute Gasteiger partial charge is 0.168 e. The number of rotatable bonds is 7. The Balaban J connectivity index is 1.80. The van der Waals surface area contributed by atoms with E-state index in [1.165, 1.54) is 23.9 Å². The standard InChI is InChI=1S/C27H27FN6S/c1-5-7-17(2)10-11-18(3)34-27-22(16-30-34)26(31-19(4)23-8-6-9-24(29)35-23)32-25(33-27)20-12-14-21(28)15-13-20/h5,7-16H,4,6,29H2,1-3H3,(H,31,32,33)/b7-5-,17-10-,18-11+. The molecule has 0 aliphatic carbocycles. The van der Waals surface area contributed by atoms with E-state index >= 15 is 0 Å². The highest BCUT2D eigenvalue weighted by Crippen LogP contribution is 2.34. The molecule has 8 heteroatoms. The summed E-state index contributed by atoms with van der Waals surface area (Å²) in [6.45, 7) is 10.2. The zero-order chi connectivity index (χ0) is 24.9. The lowest BCUT2D eigenvalue weighted by atomic mass is 10.2. The largest absolute Gasteiger partial charge is 0.394 e. The van der Waals surface area contributed by atoms with Crippen LogP contribution in [0.2, 0.25) is 0 Å². The number of nitrogens with two attached hydrogens (primary N) is 1. The number of hydrogen-bond acceptors (Lipinski definition) is 6. The molecule has 1 aliphatic heterocycles. The van der Waals surface area contributed by atoms with Gasteiger partial charge in [0.05, 0.1) is 16.6 Å². The zero-order valence-electron chi connectivity index (χ0n) is 19.9. The Kier molecular flexibility index (Phi) is 7.31. The first-order valence-electron chi connectivity index (χ1n) is 11.2. The number of benzene rings is 1. The highest BCUT2D eigenvalue weighted by molar-refractivity contribution is 8.06. The molecule has 0 spiro atoms. The molecule has 6 nitrogen and oxygen atoms in total. The minimum atomic E-state index is -0.319. The summed E-state index contributed by atoms with van der Waals surface area (Å²) in [5.41, 5.74) is 10.0. The maximum Gasteiger partial charge on any atom is 0.168 e. The summed E-state index contributed by atoms with van der Waals surface area (Å²) in [5, 5.41) is 9.39. The third kappa shape index (κ3) is 5.60. The highest BCUT2D eigenvalue weighted by atomic mass is 32.2. The molecule has 3 heterocycles. The second kappa shape index (κ2) is 10.6. The van der Waals surface area contributed by atoms with Crippen molar-refractivity contribution in [2.75, 3.05) is 5.32 Å². The SMILES string of the molecule is C=C(Nc1nc(-c2ccc(F)cc2)nc2c1cnn2/C(C)=C/C=C(C)\C=C/C)C1=CCC=C(N)S1. The van der Waals surface area contributed by atoms with Crippen LogP contribution in [0.3, 0.4) is 0 Å². The van der Waals surface area contributed by atoms with Crippen LogP contribution in [0.15, 0.2) is 94.7 Å². The molecular formula is C27H27FN6S. The Morgan fingerprint density at radius 1 is 1.17 bits per heavy atom. The van der Waals surface area contributed by atoms with Crippen LogP contribution in [0, 0.1) is 5.82 Å². The lowest BCUT2D eigenvalue weighted by Crippen LogP contribution is -2.07. The third-order valence-corrected chi connectivity index (χ3v) is 6.33. The number of anilines is 1. The summed E-state index contributed by atoms with van der Waals surface area (Å²) in [6, 6.07) is 6.11. The minimum absolute atomic E-state index is 0.319. The van der Waals surface area contributed by atoms with Crippen molar-refractivity contribution in [3.05, 3.63) is 101 Å². The number of hydrogen-bond donors (Lipinski definition) is 2. The fourth-order valence-electron chi connectivity index (χ4n) is 3.51. The molecule has 3 aromatic rings. The monoisotopic (exact) mass is 486 g/mol. The van der Waals surface area contributed by atoms with Crippen molar-refractivity contribution < 1.29 is 4.39 Å². The van der Waals surface area contributed by atoms with Gasteiger partial charge in [-0.15, -0.1) is 0 Å². The van der Waals surface area contributed by atoms with Gasteiger partial charge in [0.15, 0.2) is 11.5 Å². The molecule has 2 aromatic heterocycles. The number of fused-ring (bicyclic) bond motifs is 1. The van der Waals surface area contributed by atoms with Crippen molar-refractivity contribution in [3.8, 4) is 11.4 Å². The number of nitrogens with one attached hydrogen (secondary N) is 1. The van der Waals surface area contributed by atoms with Crippen LogP contribution in [0.25, 0.3) is 28.1 Å². The fraction of sp³-hybridized carbons (Fsp3) is 0.148. The van der Waals surface area contributed by atoms with Gasteiger partial charge in [0.1, 0.15) is 11.6 Å². The maximum absolute atomic E-state index is 13.5. The van der Waals surface area contributed by atoms with Gasteiger partial charge in [-0.25, -0.2) is 19.0 Å². The molecule has 35 heavy (non-hydrogen) atoms. The van der Waals surface area contributed by atoms with E-state index in [1.54, 1.807) is 23.0 Å². The quantitative estimate of drug-likeness (QED) is 0.359. The Morgan fingerprint density at radius 2 is 1.94 bits per heavy atom. The van der Waals surface area contributed by atoms with Crippen LogP contribution < -0.4 is 11.1 Å². The van der Waals surface area contributed by atoms with Gasteiger partial charge < -0.3 is 11.1 Å². The topological polar surface area (TPSA) is 81.7 Å². The van der Waals surface area contributed by atoms with Crippen LogP contribution in [-0.2, 0) is 0 Å². The molecule has 0 atom stereocenters. The van der Waals surface area contributed by atoms with Gasteiger partial charge in [0.25, 0.3) is 0 Å². The molecule has 0 bridgehead atoms. The van der Waals surface area contributed by atoms with Gasteiger partial charge in [-0.1, -0.05) is 54.3 Å². The molecule has 178 valence electrons. The summed E-state index contributed by atoms with van der Waals surface area (Å²) >= 11 is 1.46. The lowest BCUT2D eigenvalue weighted by Gasteiger charge is -2.16. The number of aromatic nitrogens is 4.